The molecule has 2 rings (SSSR count). The van der Waals surface area contributed by atoms with Crippen LogP contribution in [-0.2, 0) is 44.6 Å². The van der Waals surface area contributed by atoms with E-state index in [-0.39, 0.29) is 50.4 Å². The smallest absolute Gasteiger partial charge is 0.407 e. The molecular weight excluding hydrogens is 938 g/mol. The topological polar surface area (TPSA) is 300 Å². The molecule has 0 saturated carbocycles. The largest absolute Gasteiger partial charge is 0.444 e. The molecule has 0 aromatic heterocycles. The summed E-state index contributed by atoms with van der Waals surface area (Å²) in [5, 5.41) is 17.7. The van der Waals surface area contributed by atoms with Crippen molar-refractivity contribution in [2.75, 3.05) is 25.6 Å². The predicted molar refractivity (Wildman–Crippen MR) is 271 cm³/mol. The highest BCUT2D eigenvalue weighted by atomic mass is 35.5. The number of hydrogen-bond donors (Lipinski definition) is 9. The van der Waals surface area contributed by atoms with Gasteiger partial charge in [0.25, 0.3) is 11.8 Å². The summed E-state index contributed by atoms with van der Waals surface area (Å²) in [6.45, 7) is 17.9. The van der Waals surface area contributed by atoms with Crippen LogP contribution >= 0.6 is 11.6 Å². The van der Waals surface area contributed by atoms with Gasteiger partial charge in [-0.05, 0) is 122 Å². The summed E-state index contributed by atoms with van der Waals surface area (Å²) >= 11 is 5.61. The number of rotatable bonds is 28. The van der Waals surface area contributed by atoms with Crippen LogP contribution in [0.15, 0.2) is 48.5 Å². The number of ketones is 1. The molecule has 7 amide bonds. The fourth-order valence-corrected chi connectivity index (χ4v) is 6.69. The minimum Gasteiger partial charge on any atom is -0.444 e. The van der Waals surface area contributed by atoms with Crippen LogP contribution in [-0.4, -0.2) is 121 Å². The van der Waals surface area contributed by atoms with Crippen LogP contribution in [0.2, 0.25) is 0 Å². The van der Waals surface area contributed by atoms with Crippen molar-refractivity contribution in [1.82, 2.24) is 37.2 Å². The molecule has 11 N–H and O–H groups in total. The lowest BCUT2D eigenvalue weighted by Crippen LogP contribution is -2.63. The van der Waals surface area contributed by atoms with Crippen molar-refractivity contribution in [3.05, 3.63) is 59.7 Å². The van der Waals surface area contributed by atoms with Gasteiger partial charge < -0.3 is 62.9 Å². The first kappa shape index (κ1) is 61.3. The Hall–Kier alpha value is -5.83. The van der Waals surface area contributed by atoms with Gasteiger partial charge in [0.15, 0.2) is 11.9 Å². The van der Waals surface area contributed by atoms with Crippen LogP contribution in [0.4, 0.5) is 9.59 Å². The summed E-state index contributed by atoms with van der Waals surface area (Å²) < 4.78 is 16.5. The van der Waals surface area contributed by atoms with E-state index in [1.54, 1.807) is 65.8 Å². The second-order valence-electron chi connectivity index (χ2n) is 19.6. The van der Waals surface area contributed by atoms with Crippen molar-refractivity contribution in [2.24, 2.45) is 17.4 Å². The molecule has 0 radical (unpaired) electrons. The first-order valence-corrected chi connectivity index (χ1v) is 24.6. The van der Waals surface area contributed by atoms with Crippen LogP contribution in [0.3, 0.4) is 0 Å². The maximum Gasteiger partial charge on any atom is 0.407 e. The number of carbonyl (C=O) groups is 8. The number of Topliss-reactive ketones (excluding diaryl/α,β-unsaturated/α-hetero) is 1. The molecule has 0 aliphatic heterocycles. The van der Waals surface area contributed by atoms with Gasteiger partial charge in [0, 0.05) is 25.3 Å². The Bertz CT molecular complexity index is 2060. The number of nitrogens with two attached hydrogens (primary N) is 2. The molecule has 6 unspecified atom stereocenters. The van der Waals surface area contributed by atoms with E-state index in [4.69, 9.17) is 37.3 Å². The number of unbranched alkanes of at least 4 members (excludes halogenated alkanes) is 2. The monoisotopic (exact) mass is 1020 g/mol. The molecule has 396 valence electrons. The van der Waals surface area contributed by atoms with Crippen LogP contribution < -0.4 is 48.7 Å². The second-order valence-corrected chi connectivity index (χ2v) is 19.9. The molecular formula is C50H78ClN9O11. The molecule has 71 heavy (non-hydrogen) atoms. The van der Waals surface area contributed by atoms with E-state index < -0.39 is 101 Å². The Kier molecular flexibility index (Phi) is 26.0. The SMILES string of the molecule is CCCCc1ccc(-c2ccc(C(=O)NC(CCNC(=O)OC(C)(C)C)C(=O)NC(C(=O)NC(N)C(=O)NC(CCCCNC(=O)OC(C)(C)C)C(=O)NC(N)C(=O)CCl)C(C)OCC(C)C)cc2)cc1. The molecule has 0 bridgehead atoms. The minimum absolute atomic E-state index is 0.0106. The number of ether oxygens (including phenoxy) is 3. The Morgan fingerprint density at radius 3 is 1.66 bits per heavy atom. The standard InChI is InChI=1S/C50H78ClN9O11/c1-11-12-15-32-17-19-33(20-18-32)34-21-23-35(24-22-34)42(62)56-37(25-27-55-48(68)71-50(8,9)10)43(63)58-39(31(4)69-29-30(2)3)45(65)60-41(53)46(66)57-36(44(64)59-40(52)38(61)28-51)16-13-14-26-54-47(67)70-49(5,6)7/h17-24,30-31,36-37,39-41H,11-16,25-29,52-53H2,1-10H3,(H,54,67)(H,55,68)(H,56,62)(H,57,66)(H,58,63)(H,59,64)(H,60,65). The second kappa shape index (κ2) is 30.1. The van der Waals surface area contributed by atoms with Crippen molar-refractivity contribution >= 4 is 59.1 Å². The molecule has 0 fully saturated rings. The van der Waals surface area contributed by atoms with Gasteiger partial charge in [0.05, 0.1) is 12.0 Å². The Morgan fingerprint density at radius 2 is 1.13 bits per heavy atom. The van der Waals surface area contributed by atoms with E-state index in [1.165, 1.54) is 12.5 Å². The van der Waals surface area contributed by atoms with Gasteiger partial charge in [-0.1, -0.05) is 63.6 Å². The number of alkyl carbamates (subject to hydrolysis) is 2. The van der Waals surface area contributed by atoms with E-state index in [1.807, 2.05) is 26.0 Å². The summed E-state index contributed by atoms with van der Waals surface area (Å²) in [6, 6.07) is 10.9. The molecule has 0 aliphatic carbocycles. The van der Waals surface area contributed by atoms with Gasteiger partial charge in [-0.3, -0.25) is 28.8 Å². The van der Waals surface area contributed by atoms with E-state index in [0.29, 0.717) is 6.42 Å². The zero-order chi connectivity index (χ0) is 53.5. The van der Waals surface area contributed by atoms with Gasteiger partial charge in [-0.25, -0.2) is 9.59 Å². The number of nitrogens with one attached hydrogen (secondary N) is 7. The molecule has 0 heterocycles. The minimum atomic E-state index is -1.79. The lowest BCUT2D eigenvalue weighted by atomic mass is 10.0. The Morgan fingerprint density at radius 1 is 0.606 bits per heavy atom. The number of amides is 7. The number of benzene rings is 2. The van der Waals surface area contributed by atoms with Crippen molar-refractivity contribution < 1.29 is 52.6 Å². The molecule has 6 atom stereocenters. The predicted octanol–water partition coefficient (Wildman–Crippen LogP) is 4.05. The van der Waals surface area contributed by atoms with Crippen LogP contribution in [0.1, 0.15) is 124 Å². The van der Waals surface area contributed by atoms with E-state index in [2.05, 4.69) is 56.3 Å². The third-order valence-electron chi connectivity index (χ3n) is 10.3. The van der Waals surface area contributed by atoms with Crippen molar-refractivity contribution in [2.45, 2.75) is 162 Å². The fraction of sp³-hybridized carbons (Fsp3) is 0.600. The first-order chi connectivity index (χ1) is 33.2. The van der Waals surface area contributed by atoms with Gasteiger partial charge in [-0.15, -0.1) is 11.6 Å². The van der Waals surface area contributed by atoms with E-state index >= 15 is 0 Å². The van der Waals surface area contributed by atoms with Gasteiger partial charge in [0.2, 0.25) is 17.7 Å². The number of alkyl halides is 1. The molecule has 2 aromatic rings. The van der Waals surface area contributed by atoms with Gasteiger partial charge >= 0.3 is 12.2 Å². The van der Waals surface area contributed by atoms with Gasteiger partial charge in [0.1, 0.15) is 35.5 Å². The molecule has 2 aromatic carbocycles. The Balaban J connectivity index is 2.33. The summed E-state index contributed by atoms with van der Waals surface area (Å²) in [6.07, 6.45) is -2.04. The number of carbonyl (C=O) groups excluding carboxylic acids is 8. The molecule has 0 saturated heterocycles. The fourth-order valence-electron chi connectivity index (χ4n) is 6.53. The highest BCUT2D eigenvalue weighted by Crippen LogP contribution is 2.21. The van der Waals surface area contributed by atoms with Crippen molar-refractivity contribution in [3.63, 3.8) is 0 Å². The highest BCUT2D eigenvalue weighted by Gasteiger charge is 2.34. The zero-order valence-electron chi connectivity index (χ0n) is 43.0. The van der Waals surface area contributed by atoms with Crippen LogP contribution in [0.5, 0.6) is 0 Å². The van der Waals surface area contributed by atoms with Crippen molar-refractivity contribution in [1.29, 1.82) is 0 Å². The molecule has 20 nitrogen and oxygen atoms in total. The molecule has 0 aliphatic rings. The third kappa shape index (κ3) is 24.2. The maximum absolute atomic E-state index is 14.2. The molecule has 0 spiro atoms. The third-order valence-corrected chi connectivity index (χ3v) is 10.6. The summed E-state index contributed by atoms with van der Waals surface area (Å²) in [7, 11) is 0. The highest BCUT2D eigenvalue weighted by molar-refractivity contribution is 6.28. The van der Waals surface area contributed by atoms with E-state index in [0.717, 1.165) is 30.4 Å². The Labute approximate surface area is 423 Å². The zero-order valence-corrected chi connectivity index (χ0v) is 43.7. The van der Waals surface area contributed by atoms with Crippen LogP contribution in [0.25, 0.3) is 11.1 Å². The first-order valence-electron chi connectivity index (χ1n) is 24.1. The quantitative estimate of drug-likeness (QED) is 0.0331. The lowest BCUT2D eigenvalue weighted by molar-refractivity contribution is -0.137. The van der Waals surface area contributed by atoms with Crippen LogP contribution in [0, 0.1) is 5.92 Å². The normalized spacial score (nSPS) is 14.1. The van der Waals surface area contributed by atoms with E-state index in [9.17, 15) is 38.4 Å². The van der Waals surface area contributed by atoms with Crippen molar-refractivity contribution in [3.8, 4) is 11.1 Å². The summed E-state index contributed by atoms with van der Waals surface area (Å²) in [5.41, 5.74) is 13.8. The molecule has 21 heteroatoms. The maximum atomic E-state index is 14.2. The number of halogens is 1. The summed E-state index contributed by atoms with van der Waals surface area (Å²) in [5.74, 6) is -5.42. The lowest BCUT2D eigenvalue weighted by Gasteiger charge is -2.29. The summed E-state index contributed by atoms with van der Waals surface area (Å²) in [4.78, 5) is 106. The number of hydrogen-bond acceptors (Lipinski definition) is 13. The average molecular weight is 1020 g/mol. The van der Waals surface area contributed by atoms with Gasteiger partial charge in [-0.2, -0.15) is 0 Å². The average Bonchev–Trinajstić information content (AvgIpc) is 3.29. The number of aryl methyl sites for hydroxylation is 1.